The fraction of sp³-hybridized carbons (Fsp3) is 0. The first kappa shape index (κ1) is 16.2. The van der Waals surface area contributed by atoms with Gasteiger partial charge in [-0.15, -0.1) is 22.7 Å². The number of hydrogen-bond donors (Lipinski definition) is 1. The first-order valence-corrected chi connectivity index (χ1v) is 9.44. The number of halogens is 2. The Labute approximate surface area is 155 Å². The molecule has 0 unspecified atom stereocenters. The fourth-order valence-electron chi connectivity index (χ4n) is 2.45. The highest BCUT2D eigenvalue weighted by molar-refractivity contribution is 7.18. The summed E-state index contributed by atoms with van der Waals surface area (Å²) in [7, 11) is 0. The molecule has 0 aliphatic rings. The zero-order valence-electron chi connectivity index (χ0n) is 12.6. The van der Waals surface area contributed by atoms with E-state index in [1.165, 1.54) is 23.5 Å². The zero-order chi connectivity index (χ0) is 17.4. The molecule has 3 nitrogen and oxygen atoms in total. The average molecular weight is 389 g/mol. The SMILES string of the molecule is O=c1[nH]c(/C(Cl)=C/c2ccc(F)cc2)nc2scc(-c3cccs3)c12. The molecule has 3 heterocycles. The number of H-pyrrole nitrogens is 1. The largest absolute Gasteiger partial charge is 0.305 e. The molecule has 0 radical (unpaired) electrons. The number of aromatic amines is 1. The Bertz CT molecular complexity index is 1130. The van der Waals surface area contributed by atoms with Gasteiger partial charge in [-0.1, -0.05) is 29.8 Å². The normalized spacial score (nSPS) is 12.0. The minimum Gasteiger partial charge on any atom is -0.305 e. The van der Waals surface area contributed by atoms with E-state index in [1.54, 1.807) is 29.5 Å². The van der Waals surface area contributed by atoms with Gasteiger partial charge < -0.3 is 4.98 Å². The van der Waals surface area contributed by atoms with Crippen LogP contribution in [0.15, 0.2) is 52.0 Å². The van der Waals surface area contributed by atoms with Gasteiger partial charge in [-0.05, 0) is 35.2 Å². The second kappa shape index (κ2) is 6.55. The van der Waals surface area contributed by atoms with E-state index in [0.29, 0.717) is 16.0 Å². The van der Waals surface area contributed by atoms with Crippen LogP contribution in [0.3, 0.4) is 0 Å². The third kappa shape index (κ3) is 3.16. The lowest BCUT2D eigenvalue weighted by Gasteiger charge is -2.01. The molecule has 0 amide bonds. The van der Waals surface area contributed by atoms with Gasteiger partial charge in [0.25, 0.3) is 5.56 Å². The van der Waals surface area contributed by atoms with E-state index in [4.69, 9.17) is 11.6 Å². The Morgan fingerprint density at radius 3 is 2.72 bits per heavy atom. The predicted octanol–water partition coefficient (Wildman–Crippen LogP) is 5.59. The van der Waals surface area contributed by atoms with Crippen molar-refractivity contribution in [2.75, 3.05) is 0 Å². The molecule has 1 aromatic carbocycles. The summed E-state index contributed by atoms with van der Waals surface area (Å²) in [5.41, 5.74) is 1.38. The summed E-state index contributed by atoms with van der Waals surface area (Å²) in [5, 5.41) is 4.76. The van der Waals surface area contributed by atoms with Crippen LogP contribution >= 0.6 is 34.3 Å². The summed E-state index contributed by atoms with van der Waals surface area (Å²) in [6.45, 7) is 0. The summed E-state index contributed by atoms with van der Waals surface area (Å²) in [5.74, 6) is -0.0241. The van der Waals surface area contributed by atoms with Gasteiger partial charge in [-0.3, -0.25) is 4.79 Å². The molecule has 4 rings (SSSR count). The van der Waals surface area contributed by atoms with Crippen LogP contribution in [0.5, 0.6) is 0 Å². The molecule has 0 spiro atoms. The van der Waals surface area contributed by atoms with Gasteiger partial charge in [0.2, 0.25) is 0 Å². The molecule has 25 heavy (non-hydrogen) atoms. The highest BCUT2D eigenvalue weighted by Gasteiger charge is 2.14. The molecular weight excluding hydrogens is 379 g/mol. The summed E-state index contributed by atoms with van der Waals surface area (Å²) >= 11 is 9.28. The minimum atomic E-state index is -0.319. The maximum Gasteiger partial charge on any atom is 0.260 e. The van der Waals surface area contributed by atoms with Crippen molar-refractivity contribution in [2.45, 2.75) is 0 Å². The van der Waals surface area contributed by atoms with Crippen molar-refractivity contribution < 1.29 is 4.39 Å². The van der Waals surface area contributed by atoms with Crippen molar-refractivity contribution >= 4 is 55.6 Å². The molecule has 1 N–H and O–H groups in total. The Hall–Kier alpha value is -2.28. The third-order valence-corrected chi connectivity index (χ3v) is 5.68. The van der Waals surface area contributed by atoms with E-state index in [-0.39, 0.29) is 16.4 Å². The van der Waals surface area contributed by atoms with Crippen molar-refractivity contribution in [2.24, 2.45) is 0 Å². The van der Waals surface area contributed by atoms with Crippen LogP contribution < -0.4 is 5.56 Å². The third-order valence-electron chi connectivity index (χ3n) is 3.62. The van der Waals surface area contributed by atoms with Crippen LogP contribution in [-0.4, -0.2) is 9.97 Å². The standard InChI is InChI=1S/C18H10ClFN2OS2/c19-13(8-10-3-5-11(20)6-4-10)16-21-17(23)15-12(9-25-18(15)22-16)14-2-1-7-24-14/h1-9H,(H,21,22,23)/b13-8-. The molecule has 0 aliphatic heterocycles. The summed E-state index contributed by atoms with van der Waals surface area (Å²) in [6, 6.07) is 9.83. The van der Waals surface area contributed by atoms with Gasteiger partial charge in [-0.2, -0.15) is 0 Å². The lowest BCUT2D eigenvalue weighted by atomic mass is 10.2. The van der Waals surface area contributed by atoms with Gasteiger partial charge in [0.1, 0.15) is 10.6 Å². The van der Waals surface area contributed by atoms with Gasteiger partial charge in [0.15, 0.2) is 5.82 Å². The van der Waals surface area contributed by atoms with Crippen molar-refractivity contribution in [3.63, 3.8) is 0 Å². The van der Waals surface area contributed by atoms with E-state index >= 15 is 0 Å². The van der Waals surface area contributed by atoms with Crippen LogP contribution in [0.1, 0.15) is 11.4 Å². The maximum absolute atomic E-state index is 13.0. The number of thiophene rings is 2. The van der Waals surface area contributed by atoms with Gasteiger partial charge in [0, 0.05) is 15.8 Å². The van der Waals surface area contributed by atoms with E-state index in [0.717, 1.165) is 16.0 Å². The fourth-order valence-corrected chi connectivity index (χ4v) is 4.43. The molecule has 4 aromatic rings. The number of nitrogens with one attached hydrogen (secondary N) is 1. The Morgan fingerprint density at radius 1 is 1.20 bits per heavy atom. The topological polar surface area (TPSA) is 45.8 Å². The van der Waals surface area contributed by atoms with E-state index in [2.05, 4.69) is 9.97 Å². The Balaban J connectivity index is 1.79. The molecule has 0 fully saturated rings. The second-order valence-electron chi connectivity index (χ2n) is 5.27. The first-order chi connectivity index (χ1) is 12.1. The average Bonchev–Trinajstić information content (AvgIpc) is 3.25. The van der Waals surface area contributed by atoms with Crippen LogP contribution in [0, 0.1) is 5.82 Å². The van der Waals surface area contributed by atoms with E-state index < -0.39 is 0 Å². The monoisotopic (exact) mass is 388 g/mol. The second-order valence-corrected chi connectivity index (χ2v) is 7.48. The molecule has 0 aliphatic carbocycles. The van der Waals surface area contributed by atoms with Crippen molar-refractivity contribution in [3.8, 4) is 10.4 Å². The Kier molecular flexibility index (Phi) is 4.25. The number of rotatable bonds is 3. The minimum absolute atomic E-state index is 0.227. The van der Waals surface area contributed by atoms with Crippen molar-refractivity contribution in [1.82, 2.24) is 9.97 Å². The number of nitrogens with zero attached hydrogens (tertiary/aromatic N) is 1. The van der Waals surface area contributed by atoms with Crippen molar-refractivity contribution in [1.29, 1.82) is 0 Å². The van der Waals surface area contributed by atoms with Gasteiger partial charge in [0.05, 0.1) is 10.4 Å². The number of benzene rings is 1. The van der Waals surface area contributed by atoms with Crippen molar-refractivity contribution in [3.05, 3.63) is 74.7 Å². The smallest absolute Gasteiger partial charge is 0.260 e. The van der Waals surface area contributed by atoms with Gasteiger partial charge >= 0.3 is 0 Å². The lowest BCUT2D eigenvalue weighted by molar-refractivity contribution is 0.628. The maximum atomic E-state index is 13.0. The highest BCUT2D eigenvalue weighted by atomic mass is 35.5. The highest BCUT2D eigenvalue weighted by Crippen LogP contribution is 2.34. The Morgan fingerprint density at radius 2 is 2.00 bits per heavy atom. The van der Waals surface area contributed by atoms with Crippen LogP contribution in [-0.2, 0) is 0 Å². The molecule has 124 valence electrons. The van der Waals surface area contributed by atoms with Crippen LogP contribution in [0.25, 0.3) is 31.8 Å². The molecule has 0 saturated heterocycles. The zero-order valence-corrected chi connectivity index (χ0v) is 15.0. The van der Waals surface area contributed by atoms with E-state index in [1.807, 2.05) is 22.9 Å². The summed E-state index contributed by atoms with van der Waals surface area (Å²) < 4.78 is 13.0. The molecule has 0 atom stereocenters. The molecule has 0 bridgehead atoms. The van der Waals surface area contributed by atoms with E-state index in [9.17, 15) is 9.18 Å². The molecular formula is C18H10ClFN2OS2. The summed E-state index contributed by atoms with van der Waals surface area (Å²) in [6.07, 6.45) is 1.64. The van der Waals surface area contributed by atoms with Gasteiger partial charge in [-0.25, -0.2) is 9.37 Å². The van der Waals surface area contributed by atoms with Crippen LogP contribution in [0.4, 0.5) is 4.39 Å². The lowest BCUT2D eigenvalue weighted by Crippen LogP contribution is -2.10. The predicted molar refractivity (Wildman–Crippen MR) is 104 cm³/mol. The summed E-state index contributed by atoms with van der Waals surface area (Å²) in [4.78, 5) is 21.4. The quantitative estimate of drug-likeness (QED) is 0.497. The molecule has 3 aromatic heterocycles. The van der Waals surface area contributed by atoms with Crippen LogP contribution in [0.2, 0.25) is 0 Å². The number of hydrogen-bond acceptors (Lipinski definition) is 4. The first-order valence-electron chi connectivity index (χ1n) is 7.30. The molecule has 7 heteroatoms. The molecule has 0 saturated carbocycles. The number of aromatic nitrogens is 2. The number of fused-ring (bicyclic) bond motifs is 1.